The van der Waals surface area contributed by atoms with E-state index in [1.807, 2.05) is 36.5 Å². The summed E-state index contributed by atoms with van der Waals surface area (Å²) in [4.78, 5) is 0. The van der Waals surface area contributed by atoms with E-state index in [2.05, 4.69) is 17.6 Å². The molecule has 0 aliphatic carbocycles. The van der Waals surface area contributed by atoms with Gasteiger partial charge in [0.15, 0.2) is 0 Å². The van der Waals surface area contributed by atoms with Crippen LogP contribution in [0.15, 0.2) is 54.7 Å². The fourth-order valence-corrected chi connectivity index (χ4v) is 2.65. The zero-order valence-electron chi connectivity index (χ0n) is 12.8. The summed E-state index contributed by atoms with van der Waals surface area (Å²) < 4.78 is 21.1. The van der Waals surface area contributed by atoms with Crippen molar-refractivity contribution >= 4 is 10.9 Å². The number of rotatable bonds is 6. The Balaban J connectivity index is 1.48. The van der Waals surface area contributed by atoms with E-state index < -0.39 is 0 Å². The molecule has 2 nitrogen and oxygen atoms in total. The first kappa shape index (κ1) is 14.6. The van der Waals surface area contributed by atoms with Gasteiger partial charge in [0.05, 0.1) is 6.61 Å². The third kappa shape index (κ3) is 3.48. The number of fused-ring (bicyclic) bond motifs is 1. The average Bonchev–Trinajstić information content (AvgIpc) is 2.89. The van der Waals surface area contributed by atoms with E-state index in [4.69, 9.17) is 4.74 Å². The molecule has 3 heteroatoms. The molecule has 0 N–H and O–H groups in total. The van der Waals surface area contributed by atoms with E-state index in [-0.39, 0.29) is 5.82 Å². The molecule has 0 spiro atoms. The predicted octanol–water partition coefficient (Wildman–Crippen LogP) is 4.95. The van der Waals surface area contributed by atoms with Crippen LogP contribution in [0.1, 0.15) is 18.4 Å². The first-order valence-corrected chi connectivity index (χ1v) is 7.66. The molecule has 0 radical (unpaired) electrons. The molecule has 0 amide bonds. The Morgan fingerprint density at radius 3 is 2.82 bits per heavy atom. The van der Waals surface area contributed by atoms with E-state index in [0.717, 1.165) is 42.6 Å². The van der Waals surface area contributed by atoms with E-state index >= 15 is 0 Å². The van der Waals surface area contributed by atoms with Gasteiger partial charge >= 0.3 is 0 Å². The second kappa shape index (κ2) is 6.65. The number of aromatic nitrogens is 1. The van der Waals surface area contributed by atoms with Gasteiger partial charge in [0, 0.05) is 23.6 Å². The maximum Gasteiger partial charge on any atom is 0.123 e. The van der Waals surface area contributed by atoms with Crippen molar-refractivity contribution in [3.05, 3.63) is 66.1 Å². The molecular weight excluding hydrogens is 277 g/mol. The van der Waals surface area contributed by atoms with Gasteiger partial charge in [0.2, 0.25) is 0 Å². The Hall–Kier alpha value is -2.29. The van der Waals surface area contributed by atoms with Gasteiger partial charge in [-0.05, 0) is 61.7 Å². The van der Waals surface area contributed by atoms with Crippen LogP contribution in [-0.2, 0) is 6.54 Å². The molecule has 22 heavy (non-hydrogen) atoms. The van der Waals surface area contributed by atoms with Crippen LogP contribution in [0.5, 0.6) is 5.75 Å². The quantitative estimate of drug-likeness (QED) is 0.587. The minimum Gasteiger partial charge on any atom is -0.494 e. The van der Waals surface area contributed by atoms with Crippen LogP contribution in [0.2, 0.25) is 0 Å². The number of unbranched alkanes of at least 4 members (excludes halogenated alkanes) is 1. The number of hydrogen-bond acceptors (Lipinski definition) is 1. The number of hydrogen-bond donors (Lipinski definition) is 0. The van der Waals surface area contributed by atoms with Crippen LogP contribution < -0.4 is 4.74 Å². The Morgan fingerprint density at radius 1 is 1.05 bits per heavy atom. The Bertz CT molecular complexity index is 763. The lowest BCUT2D eigenvalue weighted by Crippen LogP contribution is -2.01. The molecule has 0 atom stereocenters. The van der Waals surface area contributed by atoms with Crippen LogP contribution in [0.3, 0.4) is 0 Å². The minimum absolute atomic E-state index is 0.184. The molecule has 0 aliphatic rings. The van der Waals surface area contributed by atoms with Gasteiger partial charge in [-0.3, -0.25) is 0 Å². The van der Waals surface area contributed by atoms with Gasteiger partial charge in [-0.1, -0.05) is 12.1 Å². The zero-order chi connectivity index (χ0) is 15.4. The van der Waals surface area contributed by atoms with Crippen molar-refractivity contribution in [1.82, 2.24) is 4.57 Å². The molecule has 2 aromatic carbocycles. The van der Waals surface area contributed by atoms with E-state index in [0.29, 0.717) is 0 Å². The van der Waals surface area contributed by atoms with Crippen LogP contribution in [0.25, 0.3) is 10.9 Å². The molecular formula is C19H20FNO. The number of benzene rings is 2. The van der Waals surface area contributed by atoms with E-state index in [9.17, 15) is 4.39 Å². The molecule has 1 heterocycles. The first-order chi connectivity index (χ1) is 10.7. The van der Waals surface area contributed by atoms with Crippen molar-refractivity contribution in [2.75, 3.05) is 6.61 Å². The van der Waals surface area contributed by atoms with Gasteiger partial charge in [-0.2, -0.15) is 0 Å². The highest BCUT2D eigenvalue weighted by molar-refractivity contribution is 5.80. The number of halogens is 1. The summed E-state index contributed by atoms with van der Waals surface area (Å²) in [5, 5.41) is 0.955. The fraction of sp³-hybridized carbons (Fsp3) is 0.263. The standard InChI is InChI=1S/C19H20FNO/c1-15-5-4-6-18(13-15)22-12-3-2-10-21-11-9-16-14-17(20)7-8-19(16)21/h4-9,11,13-14H,2-3,10,12H2,1H3. The lowest BCUT2D eigenvalue weighted by molar-refractivity contribution is 0.303. The largest absolute Gasteiger partial charge is 0.494 e. The molecule has 0 saturated carbocycles. The Kier molecular flexibility index (Phi) is 4.42. The zero-order valence-corrected chi connectivity index (χ0v) is 12.8. The lowest BCUT2D eigenvalue weighted by Gasteiger charge is -2.08. The van der Waals surface area contributed by atoms with E-state index in [1.165, 1.54) is 11.6 Å². The Labute approximate surface area is 130 Å². The van der Waals surface area contributed by atoms with Crippen LogP contribution in [0, 0.1) is 12.7 Å². The van der Waals surface area contributed by atoms with Gasteiger partial charge in [0.25, 0.3) is 0 Å². The van der Waals surface area contributed by atoms with Crippen LogP contribution >= 0.6 is 0 Å². The highest BCUT2D eigenvalue weighted by atomic mass is 19.1. The van der Waals surface area contributed by atoms with E-state index in [1.54, 1.807) is 6.07 Å². The number of nitrogens with zero attached hydrogens (tertiary/aromatic N) is 1. The second-order valence-corrected chi connectivity index (χ2v) is 5.58. The van der Waals surface area contributed by atoms with Crippen molar-refractivity contribution in [2.24, 2.45) is 0 Å². The van der Waals surface area contributed by atoms with Crippen molar-refractivity contribution in [2.45, 2.75) is 26.3 Å². The Morgan fingerprint density at radius 2 is 1.95 bits per heavy atom. The van der Waals surface area contributed by atoms with Gasteiger partial charge in [0.1, 0.15) is 11.6 Å². The molecule has 3 aromatic rings. The molecule has 0 saturated heterocycles. The highest BCUT2D eigenvalue weighted by Gasteiger charge is 2.02. The van der Waals surface area contributed by atoms with Crippen LogP contribution in [-0.4, -0.2) is 11.2 Å². The smallest absolute Gasteiger partial charge is 0.123 e. The number of ether oxygens (including phenoxy) is 1. The van der Waals surface area contributed by atoms with Crippen molar-refractivity contribution < 1.29 is 9.13 Å². The van der Waals surface area contributed by atoms with Crippen molar-refractivity contribution in [1.29, 1.82) is 0 Å². The molecule has 0 bridgehead atoms. The summed E-state index contributed by atoms with van der Waals surface area (Å²) >= 11 is 0. The van der Waals surface area contributed by atoms with Crippen molar-refractivity contribution in [3.8, 4) is 5.75 Å². The first-order valence-electron chi connectivity index (χ1n) is 7.66. The third-order valence-corrected chi connectivity index (χ3v) is 3.78. The highest BCUT2D eigenvalue weighted by Crippen LogP contribution is 2.18. The van der Waals surface area contributed by atoms with Gasteiger partial charge in [-0.25, -0.2) is 4.39 Å². The summed E-state index contributed by atoms with van der Waals surface area (Å²) in [6, 6.07) is 15.0. The summed E-state index contributed by atoms with van der Waals surface area (Å²) in [7, 11) is 0. The van der Waals surface area contributed by atoms with Crippen molar-refractivity contribution in [3.63, 3.8) is 0 Å². The summed E-state index contributed by atoms with van der Waals surface area (Å²) in [6.07, 6.45) is 4.05. The van der Waals surface area contributed by atoms with Crippen LogP contribution in [0.4, 0.5) is 4.39 Å². The molecule has 0 unspecified atom stereocenters. The minimum atomic E-state index is -0.184. The molecule has 0 fully saturated rings. The SMILES string of the molecule is Cc1cccc(OCCCCn2ccc3cc(F)ccc32)c1. The predicted molar refractivity (Wildman–Crippen MR) is 87.8 cm³/mol. The van der Waals surface area contributed by atoms with Gasteiger partial charge < -0.3 is 9.30 Å². The second-order valence-electron chi connectivity index (χ2n) is 5.58. The molecule has 1 aromatic heterocycles. The number of aryl methyl sites for hydroxylation is 2. The molecule has 3 rings (SSSR count). The third-order valence-electron chi connectivity index (χ3n) is 3.78. The lowest BCUT2D eigenvalue weighted by atomic mass is 10.2. The summed E-state index contributed by atoms with van der Waals surface area (Å²) in [5.74, 6) is 0.749. The fourth-order valence-electron chi connectivity index (χ4n) is 2.65. The maximum absolute atomic E-state index is 13.2. The normalized spacial score (nSPS) is 11.0. The van der Waals surface area contributed by atoms with Gasteiger partial charge in [-0.15, -0.1) is 0 Å². The topological polar surface area (TPSA) is 14.2 Å². The maximum atomic E-state index is 13.2. The average molecular weight is 297 g/mol. The molecule has 114 valence electrons. The summed E-state index contributed by atoms with van der Waals surface area (Å²) in [6.45, 7) is 3.70. The monoisotopic (exact) mass is 297 g/mol. The molecule has 0 aliphatic heterocycles. The summed E-state index contributed by atoms with van der Waals surface area (Å²) in [5.41, 5.74) is 2.30.